The summed E-state index contributed by atoms with van der Waals surface area (Å²) in [6, 6.07) is 5.66. The van der Waals surface area contributed by atoms with E-state index in [0.717, 1.165) is 15.4 Å². The summed E-state index contributed by atoms with van der Waals surface area (Å²) < 4.78 is 0. The molecule has 0 nitrogen and oxygen atoms in total. The van der Waals surface area contributed by atoms with Crippen molar-refractivity contribution < 1.29 is 0 Å². The summed E-state index contributed by atoms with van der Waals surface area (Å²) in [5, 5.41) is 0. The monoisotopic (exact) mass is 155 g/mol. The Balaban J connectivity index is 3.17. The van der Waals surface area contributed by atoms with Gasteiger partial charge in [-0.2, -0.15) is 0 Å². The van der Waals surface area contributed by atoms with Crippen LogP contribution in [0.25, 0.3) is 0 Å². The molecule has 0 aliphatic heterocycles. The minimum atomic E-state index is 0.910. The molecular formula is C7H7S2. The highest BCUT2D eigenvalue weighted by molar-refractivity contribution is 7.81. The Kier molecular flexibility index (Phi) is 2.09. The van der Waals surface area contributed by atoms with Crippen LogP contribution in [-0.2, 0) is 0 Å². The standard InChI is InChI=1S/C7H7S2/c1-5-2-6(8)4-7(9)3-5/h2-4,8-9H,1H2. The predicted octanol–water partition coefficient (Wildman–Crippen LogP) is 2.45. The predicted molar refractivity (Wildman–Crippen MR) is 45.4 cm³/mol. The maximum absolute atomic E-state index is 4.13. The molecule has 0 aliphatic carbocycles. The molecule has 0 atom stereocenters. The van der Waals surface area contributed by atoms with Gasteiger partial charge >= 0.3 is 0 Å². The van der Waals surface area contributed by atoms with Crippen LogP contribution in [0.1, 0.15) is 5.56 Å². The molecule has 0 fully saturated rings. The van der Waals surface area contributed by atoms with Gasteiger partial charge in [-0.3, -0.25) is 0 Å². The molecule has 0 bridgehead atoms. The van der Waals surface area contributed by atoms with E-state index in [4.69, 9.17) is 0 Å². The Morgan fingerprint density at radius 3 is 1.78 bits per heavy atom. The van der Waals surface area contributed by atoms with Crippen LogP contribution in [0.5, 0.6) is 0 Å². The molecule has 0 aliphatic rings. The summed E-state index contributed by atoms with van der Waals surface area (Å²) in [5.74, 6) is 0. The van der Waals surface area contributed by atoms with E-state index in [1.54, 1.807) is 0 Å². The van der Waals surface area contributed by atoms with E-state index in [9.17, 15) is 0 Å². The van der Waals surface area contributed by atoms with Crippen LogP contribution in [0, 0.1) is 6.92 Å². The van der Waals surface area contributed by atoms with Crippen molar-refractivity contribution in [2.24, 2.45) is 0 Å². The average molecular weight is 155 g/mol. The smallest absolute Gasteiger partial charge is 0.00537 e. The molecule has 47 valence electrons. The number of rotatable bonds is 0. The molecule has 1 rings (SSSR count). The van der Waals surface area contributed by atoms with Gasteiger partial charge in [-0.15, -0.1) is 25.3 Å². The first-order chi connectivity index (χ1) is 4.18. The van der Waals surface area contributed by atoms with E-state index in [-0.39, 0.29) is 0 Å². The first kappa shape index (κ1) is 7.03. The van der Waals surface area contributed by atoms with Crippen LogP contribution in [0.2, 0.25) is 0 Å². The third kappa shape index (κ3) is 1.95. The van der Waals surface area contributed by atoms with E-state index in [1.165, 1.54) is 0 Å². The van der Waals surface area contributed by atoms with E-state index in [1.807, 2.05) is 18.2 Å². The molecule has 0 unspecified atom stereocenters. The van der Waals surface area contributed by atoms with E-state index < -0.39 is 0 Å². The lowest BCUT2D eigenvalue weighted by atomic mass is 10.2. The van der Waals surface area contributed by atoms with Crippen molar-refractivity contribution in [3.63, 3.8) is 0 Å². The van der Waals surface area contributed by atoms with Crippen molar-refractivity contribution in [2.75, 3.05) is 0 Å². The van der Waals surface area contributed by atoms with Crippen molar-refractivity contribution in [1.29, 1.82) is 0 Å². The number of hydrogen-bond acceptors (Lipinski definition) is 2. The summed E-state index contributed by atoms with van der Waals surface area (Å²) in [5.41, 5.74) is 0.951. The zero-order valence-electron chi connectivity index (χ0n) is 4.83. The molecule has 0 N–H and O–H groups in total. The third-order valence-electron chi connectivity index (χ3n) is 0.962. The summed E-state index contributed by atoms with van der Waals surface area (Å²) in [6.07, 6.45) is 0. The molecule has 1 radical (unpaired) electrons. The first-order valence-corrected chi connectivity index (χ1v) is 3.43. The Labute approximate surface area is 66.1 Å². The van der Waals surface area contributed by atoms with E-state index >= 15 is 0 Å². The Hall–Kier alpha value is -0.0800. The maximum atomic E-state index is 4.13. The van der Waals surface area contributed by atoms with Crippen LogP contribution in [0.3, 0.4) is 0 Å². The van der Waals surface area contributed by atoms with Crippen LogP contribution < -0.4 is 0 Å². The lowest BCUT2D eigenvalue weighted by molar-refractivity contribution is 1.32. The Bertz CT molecular complexity index is 168. The minimum Gasteiger partial charge on any atom is -0.143 e. The zero-order chi connectivity index (χ0) is 6.85. The van der Waals surface area contributed by atoms with Gasteiger partial charge < -0.3 is 0 Å². The highest BCUT2D eigenvalue weighted by Gasteiger charge is 1.89. The fraction of sp³-hybridized carbons (Fsp3) is 0. The van der Waals surface area contributed by atoms with Gasteiger partial charge in [0.1, 0.15) is 0 Å². The van der Waals surface area contributed by atoms with Crippen LogP contribution in [-0.4, -0.2) is 0 Å². The van der Waals surface area contributed by atoms with Gasteiger partial charge in [-0.1, -0.05) is 0 Å². The third-order valence-corrected chi connectivity index (χ3v) is 1.48. The van der Waals surface area contributed by atoms with Gasteiger partial charge in [0.2, 0.25) is 0 Å². The average Bonchev–Trinajstić information content (AvgIpc) is 1.59. The van der Waals surface area contributed by atoms with Crippen LogP contribution >= 0.6 is 25.3 Å². The second-order valence-corrected chi connectivity index (χ2v) is 2.89. The van der Waals surface area contributed by atoms with Crippen molar-refractivity contribution >= 4 is 25.3 Å². The Morgan fingerprint density at radius 2 is 1.44 bits per heavy atom. The minimum absolute atomic E-state index is 0.910. The Morgan fingerprint density at radius 1 is 1.00 bits per heavy atom. The van der Waals surface area contributed by atoms with Crippen molar-refractivity contribution in [3.8, 4) is 0 Å². The molecule has 0 saturated heterocycles. The summed E-state index contributed by atoms with van der Waals surface area (Å²) >= 11 is 8.27. The molecule has 0 spiro atoms. The number of benzene rings is 1. The second kappa shape index (κ2) is 2.67. The van der Waals surface area contributed by atoms with E-state index in [0.29, 0.717) is 0 Å². The molecule has 0 heterocycles. The molecule has 1 aromatic carbocycles. The van der Waals surface area contributed by atoms with Crippen molar-refractivity contribution in [3.05, 3.63) is 30.7 Å². The van der Waals surface area contributed by atoms with Gasteiger partial charge in [0.15, 0.2) is 0 Å². The van der Waals surface area contributed by atoms with Gasteiger partial charge in [0.05, 0.1) is 0 Å². The first-order valence-electron chi connectivity index (χ1n) is 2.53. The van der Waals surface area contributed by atoms with E-state index in [2.05, 4.69) is 32.2 Å². The summed E-state index contributed by atoms with van der Waals surface area (Å²) in [7, 11) is 0. The molecule has 9 heavy (non-hydrogen) atoms. The summed E-state index contributed by atoms with van der Waals surface area (Å²) in [4.78, 5) is 1.82. The van der Waals surface area contributed by atoms with Crippen LogP contribution in [0.15, 0.2) is 28.0 Å². The van der Waals surface area contributed by atoms with Gasteiger partial charge in [-0.05, 0) is 30.7 Å². The second-order valence-electron chi connectivity index (χ2n) is 1.86. The number of hydrogen-bond donors (Lipinski definition) is 2. The molecule has 0 saturated carbocycles. The topological polar surface area (TPSA) is 0 Å². The van der Waals surface area contributed by atoms with Crippen molar-refractivity contribution in [2.45, 2.75) is 9.79 Å². The fourth-order valence-corrected chi connectivity index (χ4v) is 1.37. The quantitative estimate of drug-likeness (QED) is 0.528. The zero-order valence-corrected chi connectivity index (χ0v) is 6.62. The SMILES string of the molecule is [CH2]c1cc(S)cc(S)c1. The molecular weight excluding hydrogens is 148 g/mol. The normalized spacial score (nSPS) is 9.67. The van der Waals surface area contributed by atoms with Gasteiger partial charge in [0.25, 0.3) is 0 Å². The largest absolute Gasteiger partial charge is 0.143 e. The molecule has 1 aromatic rings. The lowest BCUT2D eigenvalue weighted by Gasteiger charge is -1.95. The highest BCUT2D eigenvalue weighted by atomic mass is 32.1. The maximum Gasteiger partial charge on any atom is 0.00537 e. The van der Waals surface area contributed by atoms with Crippen LogP contribution in [0.4, 0.5) is 0 Å². The summed E-state index contributed by atoms with van der Waals surface area (Å²) in [6.45, 7) is 3.74. The molecule has 0 aromatic heterocycles. The fourth-order valence-electron chi connectivity index (χ4n) is 0.656. The van der Waals surface area contributed by atoms with Gasteiger partial charge in [0, 0.05) is 9.79 Å². The number of thiol groups is 2. The van der Waals surface area contributed by atoms with Crippen molar-refractivity contribution in [1.82, 2.24) is 0 Å². The molecule has 0 amide bonds. The lowest BCUT2D eigenvalue weighted by Crippen LogP contribution is -1.72. The highest BCUT2D eigenvalue weighted by Crippen LogP contribution is 2.14. The molecule has 2 heteroatoms. The van der Waals surface area contributed by atoms with Gasteiger partial charge in [-0.25, -0.2) is 0 Å².